The highest BCUT2D eigenvalue weighted by Crippen LogP contribution is 2.18. The van der Waals surface area contributed by atoms with Crippen molar-refractivity contribution in [3.8, 4) is 0 Å². The Morgan fingerprint density at radius 3 is 2.66 bits per heavy atom. The zero-order valence-corrected chi connectivity index (χ0v) is 17.6. The maximum Gasteiger partial charge on any atom is 0.340 e. The predicted molar refractivity (Wildman–Crippen MR) is 112 cm³/mol. The average Bonchev–Trinajstić information content (AvgIpc) is 3.09. The van der Waals surface area contributed by atoms with E-state index in [1.807, 2.05) is 11.6 Å². The molecule has 1 heterocycles. The normalized spacial score (nSPS) is 10.6. The van der Waals surface area contributed by atoms with E-state index in [4.69, 9.17) is 4.74 Å². The molecule has 0 aliphatic heterocycles. The van der Waals surface area contributed by atoms with Crippen molar-refractivity contribution in [2.45, 2.75) is 25.4 Å². The molecule has 9 heteroatoms. The number of thioether (sulfide) groups is 1. The number of esters is 1. The highest BCUT2D eigenvalue weighted by Gasteiger charge is 2.16. The summed E-state index contributed by atoms with van der Waals surface area (Å²) in [7, 11) is 1.84. The van der Waals surface area contributed by atoms with E-state index < -0.39 is 5.97 Å². The van der Waals surface area contributed by atoms with Gasteiger partial charge in [0, 0.05) is 26.0 Å². The van der Waals surface area contributed by atoms with Crippen molar-refractivity contribution in [1.82, 2.24) is 14.9 Å². The third-order valence-corrected chi connectivity index (χ3v) is 4.97. The predicted octanol–water partition coefficient (Wildman–Crippen LogP) is 2.47. The summed E-state index contributed by atoms with van der Waals surface area (Å²) in [5.74, 6) is -0.677. The monoisotopic (exact) mass is 418 g/mol. The van der Waals surface area contributed by atoms with E-state index in [9.17, 15) is 14.4 Å². The summed E-state index contributed by atoms with van der Waals surface area (Å²) in [6.07, 6.45) is 4.31. The number of aromatic nitrogens is 2. The topological polar surface area (TPSA) is 102 Å². The van der Waals surface area contributed by atoms with Gasteiger partial charge in [-0.15, -0.1) is 0 Å². The SMILES string of the molecule is CC(C)CCNC(=O)COC(=O)c1ccccc1NC(=O)CSc1nccn1C. The molecular weight excluding hydrogens is 392 g/mol. The van der Waals surface area contributed by atoms with Crippen LogP contribution in [-0.4, -0.2) is 46.2 Å². The lowest BCUT2D eigenvalue weighted by atomic mass is 10.1. The van der Waals surface area contributed by atoms with Gasteiger partial charge >= 0.3 is 5.97 Å². The van der Waals surface area contributed by atoms with Gasteiger partial charge in [-0.05, 0) is 24.5 Å². The zero-order chi connectivity index (χ0) is 21.2. The lowest BCUT2D eigenvalue weighted by Crippen LogP contribution is -2.30. The number of anilines is 1. The molecule has 2 aromatic rings. The fraction of sp³-hybridized carbons (Fsp3) is 0.400. The Morgan fingerprint density at radius 1 is 1.21 bits per heavy atom. The molecule has 0 unspecified atom stereocenters. The van der Waals surface area contributed by atoms with Crippen LogP contribution in [0.5, 0.6) is 0 Å². The molecule has 0 aliphatic rings. The smallest absolute Gasteiger partial charge is 0.340 e. The number of carbonyl (C=O) groups is 3. The van der Waals surface area contributed by atoms with Crippen LogP contribution in [0.4, 0.5) is 5.69 Å². The van der Waals surface area contributed by atoms with E-state index in [0.717, 1.165) is 11.6 Å². The molecule has 0 radical (unpaired) electrons. The Morgan fingerprint density at radius 2 is 1.97 bits per heavy atom. The van der Waals surface area contributed by atoms with E-state index in [1.165, 1.54) is 11.8 Å². The van der Waals surface area contributed by atoms with Gasteiger partial charge in [-0.2, -0.15) is 0 Å². The van der Waals surface area contributed by atoms with E-state index in [2.05, 4.69) is 29.5 Å². The number of hydrogen-bond donors (Lipinski definition) is 2. The highest BCUT2D eigenvalue weighted by atomic mass is 32.2. The molecule has 0 saturated carbocycles. The first-order valence-corrected chi connectivity index (χ1v) is 10.3. The van der Waals surface area contributed by atoms with Crippen LogP contribution in [0.3, 0.4) is 0 Å². The Bertz CT molecular complexity index is 851. The van der Waals surface area contributed by atoms with Gasteiger partial charge in [0.1, 0.15) is 0 Å². The van der Waals surface area contributed by atoms with E-state index in [1.54, 1.807) is 36.7 Å². The second kappa shape index (κ2) is 11.3. The molecule has 2 N–H and O–H groups in total. The second-order valence-corrected chi connectivity index (χ2v) is 7.75. The van der Waals surface area contributed by atoms with Crippen LogP contribution in [0, 0.1) is 5.92 Å². The molecule has 0 spiro atoms. The summed E-state index contributed by atoms with van der Waals surface area (Å²) in [5, 5.41) is 6.13. The number of amides is 2. The van der Waals surface area contributed by atoms with Gasteiger partial charge in [0.2, 0.25) is 5.91 Å². The third kappa shape index (κ3) is 7.61. The van der Waals surface area contributed by atoms with Crippen molar-refractivity contribution in [2.75, 3.05) is 24.2 Å². The number of imidazole rings is 1. The summed E-state index contributed by atoms with van der Waals surface area (Å²) >= 11 is 1.29. The molecule has 1 aromatic heterocycles. The summed E-state index contributed by atoms with van der Waals surface area (Å²) in [4.78, 5) is 40.5. The minimum atomic E-state index is -0.670. The number of hydrogen-bond acceptors (Lipinski definition) is 6. The Balaban J connectivity index is 1.86. The lowest BCUT2D eigenvalue weighted by Gasteiger charge is -2.11. The van der Waals surface area contributed by atoms with Gasteiger partial charge in [-0.25, -0.2) is 9.78 Å². The molecule has 156 valence electrons. The molecule has 1 aromatic carbocycles. The first-order chi connectivity index (χ1) is 13.9. The van der Waals surface area contributed by atoms with Crippen LogP contribution in [-0.2, 0) is 21.4 Å². The van der Waals surface area contributed by atoms with Crippen molar-refractivity contribution in [2.24, 2.45) is 13.0 Å². The number of nitrogens with one attached hydrogen (secondary N) is 2. The molecule has 0 bridgehead atoms. The van der Waals surface area contributed by atoms with E-state index in [-0.39, 0.29) is 29.7 Å². The molecule has 2 rings (SSSR count). The molecule has 2 amide bonds. The van der Waals surface area contributed by atoms with Gasteiger partial charge in [0.25, 0.3) is 5.91 Å². The van der Waals surface area contributed by atoms with Crippen LogP contribution in [0.2, 0.25) is 0 Å². The number of aryl methyl sites for hydroxylation is 1. The fourth-order valence-electron chi connectivity index (χ4n) is 2.34. The minimum Gasteiger partial charge on any atom is -0.452 e. The minimum absolute atomic E-state index is 0.145. The van der Waals surface area contributed by atoms with Crippen molar-refractivity contribution < 1.29 is 19.1 Å². The van der Waals surface area contributed by atoms with Crippen molar-refractivity contribution in [3.05, 3.63) is 42.2 Å². The van der Waals surface area contributed by atoms with Crippen LogP contribution in [0.25, 0.3) is 0 Å². The molecule has 8 nitrogen and oxygen atoms in total. The number of rotatable bonds is 10. The number of carbonyl (C=O) groups excluding carboxylic acids is 3. The van der Waals surface area contributed by atoms with E-state index >= 15 is 0 Å². The second-order valence-electron chi connectivity index (χ2n) is 6.81. The average molecular weight is 419 g/mol. The first-order valence-electron chi connectivity index (χ1n) is 9.29. The van der Waals surface area contributed by atoms with Crippen LogP contribution >= 0.6 is 11.8 Å². The number of nitrogens with zero attached hydrogens (tertiary/aromatic N) is 2. The fourth-order valence-corrected chi connectivity index (χ4v) is 3.07. The zero-order valence-electron chi connectivity index (χ0n) is 16.8. The molecule has 0 saturated heterocycles. The molecule has 0 aliphatic carbocycles. The van der Waals surface area contributed by atoms with Crippen LogP contribution < -0.4 is 10.6 Å². The van der Waals surface area contributed by atoms with Crippen LogP contribution in [0.1, 0.15) is 30.6 Å². The third-order valence-electron chi connectivity index (χ3n) is 3.91. The maximum atomic E-state index is 12.4. The quantitative estimate of drug-likeness (QED) is 0.454. The summed E-state index contributed by atoms with van der Waals surface area (Å²) < 4.78 is 6.90. The van der Waals surface area contributed by atoms with Gasteiger partial charge in [0.05, 0.1) is 17.0 Å². The Labute approximate surface area is 174 Å². The van der Waals surface area contributed by atoms with E-state index in [0.29, 0.717) is 18.2 Å². The molecular formula is C20H26N4O4S. The molecule has 29 heavy (non-hydrogen) atoms. The van der Waals surface area contributed by atoms with Gasteiger partial charge < -0.3 is 19.9 Å². The first kappa shape index (κ1) is 22.5. The summed E-state index contributed by atoms with van der Waals surface area (Å²) in [6.45, 7) is 4.29. The Hall–Kier alpha value is -2.81. The van der Waals surface area contributed by atoms with Gasteiger partial charge in [0.15, 0.2) is 11.8 Å². The number of benzene rings is 1. The number of ether oxygens (including phenoxy) is 1. The number of para-hydroxylation sites is 1. The molecule has 0 atom stereocenters. The Kier molecular flexibility index (Phi) is 8.72. The van der Waals surface area contributed by atoms with Crippen molar-refractivity contribution in [3.63, 3.8) is 0 Å². The van der Waals surface area contributed by atoms with Gasteiger partial charge in [-0.1, -0.05) is 37.7 Å². The largest absolute Gasteiger partial charge is 0.452 e. The van der Waals surface area contributed by atoms with Crippen molar-refractivity contribution >= 4 is 35.2 Å². The summed E-state index contributed by atoms with van der Waals surface area (Å²) in [5.41, 5.74) is 0.529. The van der Waals surface area contributed by atoms with Gasteiger partial charge in [-0.3, -0.25) is 9.59 Å². The van der Waals surface area contributed by atoms with Crippen molar-refractivity contribution in [1.29, 1.82) is 0 Å². The highest BCUT2D eigenvalue weighted by molar-refractivity contribution is 7.99. The lowest BCUT2D eigenvalue weighted by molar-refractivity contribution is -0.124. The summed E-state index contributed by atoms with van der Waals surface area (Å²) in [6, 6.07) is 6.53. The standard InChI is InChI=1S/C20H26N4O4S/c1-14(2)8-9-21-17(25)12-28-19(27)15-6-4-5-7-16(15)23-18(26)13-29-20-22-10-11-24(20)3/h4-7,10-11,14H,8-9,12-13H2,1-3H3,(H,21,25)(H,23,26). The maximum absolute atomic E-state index is 12.4. The van der Waals surface area contributed by atoms with Crippen LogP contribution in [0.15, 0.2) is 41.8 Å². The molecule has 0 fully saturated rings.